The molecule has 9 heteroatoms. The van der Waals surface area contributed by atoms with Crippen LogP contribution in [0.3, 0.4) is 0 Å². The highest BCUT2D eigenvalue weighted by atomic mass is 35.5. The van der Waals surface area contributed by atoms with Crippen molar-refractivity contribution < 1.29 is 4.79 Å². The topological polar surface area (TPSA) is 80.1 Å². The molecule has 0 aliphatic rings. The van der Waals surface area contributed by atoms with Gasteiger partial charge in [-0.2, -0.15) is 5.10 Å². The smallest absolute Gasteiger partial charge is 0.250 e. The number of hydrogen-bond acceptors (Lipinski definition) is 7. The van der Waals surface area contributed by atoms with E-state index < -0.39 is 0 Å². The van der Waals surface area contributed by atoms with Crippen molar-refractivity contribution in [3.63, 3.8) is 0 Å². The molecule has 2 heterocycles. The molecule has 6 nitrogen and oxygen atoms in total. The number of benzene rings is 1. The highest BCUT2D eigenvalue weighted by Gasteiger charge is 2.09. The normalized spacial score (nSPS) is 10.9. The summed E-state index contributed by atoms with van der Waals surface area (Å²) in [6, 6.07) is 12.8. The number of aromatic nitrogens is 3. The van der Waals surface area contributed by atoms with Crippen LogP contribution in [-0.2, 0) is 4.79 Å². The van der Waals surface area contributed by atoms with Crippen LogP contribution in [0.25, 0.3) is 10.7 Å². The van der Waals surface area contributed by atoms with E-state index in [9.17, 15) is 4.79 Å². The number of nitrogens with one attached hydrogen (secondary N) is 1. The predicted molar refractivity (Wildman–Crippen MR) is 101 cm³/mol. The van der Waals surface area contributed by atoms with Crippen molar-refractivity contribution in [2.24, 2.45) is 5.10 Å². The number of nitrogens with zero attached hydrogens (tertiary/aromatic N) is 4. The van der Waals surface area contributed by atoms with E-state index in [-0.39, 0.29) is 11.7 Å². The van der Waals surface area contributed by atoms with Gasteiger partial charge in [-0.3, -0.25) is 9.78 Å². The van der Waals surface area contributed by atoms with E-state index in [1.54, 1.807) is 24.5 Å². The van der Waals surface area contributed by atoms with Crippen LogP contribution >= 0.6 is 34.7 Å². The second kappa shape index (κ2) is 8.70. The lowest BCUT2D eigenvalue weighted by Crippen LogP contribution is -2.19. The Bertz CT molecular complexity index is 885. The van der Waals surface area contributed by atoms with Gasteiger partial charge in [0, 0.05) is 11.2 Å². The van der Waals surface area contributed by atoms with Crippen LogP contribution in [-0.4, -0.2) is 33.1 Å². The summed E-state index contributed by atoms with van der Waals surface area (Å²) in [6.45, 7) is 0. The molecule has 0 saturated carbocycles. The number of carbonyl (C=O) groups is 1. The molecule has 25 heavy (non-hydrogen) atoms. The first kappa shape index (κ1) is 17.5. The second-order valence-corrected chi connectivity index (χ2v) is 7.36. The molecular weight excluding hydrogens is 378 g/mol. The Morgan fingerprint density at radius 1 is 1.28 bits per heavy atom. The molecule has 0 bridgehead atoms. The van der Waals surface area contributed by atoms with Crippen molar-refractivity contribution in [2.45, 2.75) is 4.34 Å². The van der Waals surface area contributed by atoms with Crippen LogP contribution < -0.4 is 5.43 Å². The quantitative estimate of drug-likeness (QED) is 0.396. The average Bonchev–Trinajstić information content (AvgIpc) is 3.10. The first-order valence-electron chi connectivity index (χ1n) is 7.16. The largest absolute Gasteiger partial charge is 0.272 e. The SMILES string of the molecule is O=C(CSc1nnc(-c2ccccn2)s1)N/N=C\c1cccc(Cl)c1. The lowest BCUT2D eigenvalue weighted by atomic mass is 10.2. The zero-order valence-electron chi connectivity index (χ0n) is 12.8. The molecule has 0 spiro atoms. The standard InChI is InChI=1S/C16H12ClN5OS2/c17-12-5-3-4-11(8-12)9-19-20-14(23)10-24-16-22-21-15(25-16)13-6-1-2-7-18-13/h1-9H,10H2,(H,20,23)/b19-9-. The Hall–Kier alpha value is -2.29. The fraction of sp³-hybridized carbons (Fsp3) is 0.0625. The number of amides is 1. The monoisotopic (exact) mass is 389 g/mol. The molecular formula is C16H12ClN5OS2. The molecule has 1 amide bonds. The molecule has 0 radical (unpaired) electrons. The molecule has 0 aliphatic carbocycles. The number of thioether (sulfide) groups is 1. The van der Waals surface area contributed by atoms with Gasteiger partial charge >= 0.3 is 0 Å². The van der Waals surface area contributed by atoms with E-state index in [0.717, 1.165) is 16.3 Å². The van der Waals surface area contributed by atoms with E-state index in [1.807, 2.05) is 30.3 Å². The molecule has 3 rings (SSSR count). The van der Waals surface area contributed by atoms with Crippen molar-refractivity contribution in [1.29, 1.82) is 0 Å². The summed E-state index contributed by atoms with van der Waals surface area (Å²) in [7, 11) is 0. The van der Waals surface area contributed by atoms with E-state index in [1.165, 1.54) is 23.1 Å². The molecule has 0 atom stereocenters. The zero-order chi connectivity index (χ0) is 17.5. The number of carbonyl (C=O) groups excluding carboxylic acids is 1. The highest BCUT2D eigenvalue weighted by molar-refractivity contribution is 8.01. The molecule has 1 aromatic carbocycles. The third-order valence-corrected chi connectivity index (χ3v) is 5.18. The van der Waals surface area contributed by atoms with Crippen LogP contribution in [0.1, 0.15) is 5.56 Å². The third-order valence-electron chi connectivity index (χ3n) is 2.87. The Morgan fingerprint density at radius 2 is 2.20 bits per heavy atom. The summed E-state index contributed by atoms with van der Waals surface area (Å²) in [5.41, 5.74) is 4.05. The van der Waals surface area contributed by atoms with Gasteiger partial charge in [0.15, 0.2) is 9.35 Å². The number of rotatable bonds is 6. The van der Waals surface area contributed by atoms with Gasteiger partial charge in [-0.05, 0) is 29.8 Å². The van der Waals surface area contributed by atoms with Crippen LogP contribution in [0.2, 0.25) is 5.02 Å². The Kier molecular flexibility index (Phi) is 6.10. The third kappa shape index (κ3) is 5.35. The minimum absolute atomic E-state index is 0.198. The molecule has 0 fully saturated rings. The lowest BCUT2D eigenvalue weighted by Gasteiger charge is -1.97. The van der Waals surface area contributed by atoms with Crippen molar-refractivity contribution in [1.82, 2.24) is 20.6 Å². The molecule has 0 saturated heterocycles. The number of hydrogen-bond donors (Lipinski definition) is 1. The Labute approximate surface area is 157 Å². The van der Waals surface area contributed by atoms with E-state index in [2.05, 4.69) is 25.7 Å². The summed E-state index contributed by atoms with van der Waals surface area (Å²) in [4.78, 5) is 16.0. The number of halogens is 1. The van der Waals surface area contributed by atoms with Gasteiger partial charge in [0.05, 0.1) is 12.0 Å². The maximum Gasteiger partial charge on any atom is 0.250 e. The minimum atomic E-state index is -0.224. The van der Waals surface area contributed by atoms with E-state index in [4.69, 9.17) is 11.6 Å². The molecule has 3 aromatic rings. The fourth-order valence-electron chi connectivity index (χ4n) is 1.79. The second-order valence-electron chi connectivity index (χ2n) is 4.72. The molecule has 2 aromatic heterocycles. The van der Waals surface area contributed by atoms with Gasteiger partial charge in [0.2, 0.25) is 0 Å². The predicted octanol–water partition coefficient (Wildman–Crippen LogP) is 3.50. The van der Waals surface area contributed by atoms with Gasteiger partial charge in [-0.25, -0.2) is 5.43 Å². The molecule has 0 unspecified atom stereocenters. The molecule has 126 valence electrons. The van der Waals surface area contributed by atoms with Crippen molar-refractivity contribution in [3.05, 3.63) is 59.2 Å². The summed E-state index contributed by atoms with van der Waals surface area (Å²) < 4.78 is 0.703. The van der Waals surface area contributed by atoms with Gasteiger partial charge < -0.3 is 0 Å². The maximum absolute atomic E-state index is 11.8. The van der Waals surface area contributed by atoms with Crippen LogP contribution in [0.4, 0.5) is 0 Å². The zero-order valence-corrected chi connectivity index (χ0v) is 15.2. The summed E-state index contributed by atoms with van der Waals surface area (Å²) in [5.74, 6) is -0.0260. The van der Waals surface area contributed by atoms with Crippen LogP contribution in [0.15, 0.2) is 58.1 Å². The highest BCUT2D eigenvalue weighted by Crippen LogP contribution is 2.27. The minimum Gasteiger partial charge on any atom is -0.272 e. The average molecular weight is 390 g/mol. The van der Waals surface area contributed by atoms with Crippen LogP contribution in [0, 0.1) is 0 Å². The van der Waals surface area contributed by atoms with Gasteiger partial charge in [0.1, 0.15) is 5.69 Å². The van der Waals surface area contributed by atoms with Crippen molar-refractivity contribution in [3.8, 4) is 10.7 Å². The number of hydrazone groups is 1. The van der Waals surface area contributed by atoms with Gasteiger partial charge in [-0.1, -0.05) is 52.9 Å². The van der Waals surface area contributed by atoms with Crippen LogP contribution in [0.5, 0.6) is 0 Å². The van der Waals surface area contributed by atoms with E-state index in [0.29, 0.717) is 9.36 Å². The lowest BCUT2D eigenvalue weighted by molar-refractivity contribution is -0.118. The van der Waals surface area contributed by atoms with Crippen molar-refractivity contribution in [2.75, 3.05) is 5.75 Å². The maximum atomic E-state index is 11.8. The first-order chi connectivity index (χ1) is 12.2. The first-order valence-corrected chi connectivity index (χ1v) is 9.34. The summed E-state index contributed by atoms with van der Waals surface area (Å²) >= 11 is 8.58. The Morgan fingerprint density at radius 3 is 3.00 bits per heavy atom. The van der Waals surface area contributed by atoms with Gasteiger partial charge in [-0.15, -0.1) is 10.2 Å². The molecule has 1 N–H and O–H groups in total. The molecule has 0 aliphatic heterocycles. The van der Waals surface area contributed by atoms with E-state index >= 15 is 0 Å². The van der Waals surface area contributed by atoms with Gasteiger partial charge in [0.25, 0.3) is 5.91 Å². The summed E-state index contributed by atoms with van der Waals surface area (Å²) in [6.07, 6.45) is 3.24. The summed E-state index contributed by atoms with van der Waals surface area (Å²) in [5, 5.41) is 13.4. The number of pyridine rings is 1. The Balaban J connectivity index is 1.49. The fourth-order valence-corrected chi connectivity index (χ4v) is 3.61. The van der Waals surface area contributed by atoms with Crippen molar-refractivity contribution >= 4 is 46.8 Å².